The van der Waals surface area contributed by atoms with Gasteiger partial charge >= 0.3 is 5.97 Å². The van der Waals surface area contributed by atoms with Crippen LogP contribution in [0.3, 0.4) is 0 Å². The molecule has 8 heteroatoms. The van der Waals surface area contributed by atoms with Crippen molar-refractivity contribution in [3.05, 3.63) is 58.8 Å². The van der Waals surface area contributed by atoms with Gasteiger partial charge in [0.1, 0.15) is 23.7 Å². The Morgan fingerprint density at radius 3 is 2.62 bits per heavy atom. The lowest BCUT2D eigenvalue weighted by molar-refractivity contribution is -0.155. The van der Waals surface area contributed by atoms with Gasteiger partial charge in [-0.3, -0.25) is 4.79 Å². The average Bonchev–Trinajstić information content (AvgIpc) is 2.63. The third kappa shape index (κ3) is 4.24. The quantitative estimate of drug-likeness (QED) is 0.623. The molecule has 0 aliphatic rings. The number of phenolic OH excluding ortho intramolecular Hbond substituents is 1. The molecular formula is C21H20ClFN2O4. The van der Waals surface area contributed by atoms with E-state index in [-0.39, 0.29) is 27.8 Å². The Morgan fingerprint density at radius 1 is 1.24 bits per heavy atom. The van der Waals surface area contributed by atoms with Gasteiger partial charge in [-0.05, 0) is 32.9 Å². The Kier molecular flexibility index (Phi) is 5.61. The van der Waals surface area contributed by atoms with Crippen molar-refractivity contribution in [2.45, 2.75) is 32.3 Å². The van der Waals surface area contributed by atoms with Crippen LogP contribution in [-0.2, 0) is 9.53 Å². The van der Waals surface area contributed by atoms with Crippen LogP contribution in [-0.4, -0.2) is 33.8 Å². The van der Waals surface area contributed by atoms with Crippen LogP contribution in [0.2, 0.25) is 5.02 Å². The summed E-state index contributed by atoms with van der Waals surface area (Å²) >= 11 is 5.95. The predicted molar refractivity (Wildman–Crippen MR) is 107 cm³/mol. The third-order valence-corrected chi connectivity index (χ3v) is 4.47. The number of phenols is 1. The van der Waals surface area contributed by atoms with E-state index >= 15 is 0 Å². The molecule has 3 aromatic rings. The van der Waals surface area contributed by atoms with E-state index in [9.17, 15) is 14.3 Å². The summed E-state index contributed by atoms with van der Waals surface area (Å²) in [5, 5.41) is 10.5. The van der Waals surface area contributed by atoms with Crippen molar-refractivity contribution in [2.75, 3.05) is 7.11 Å². The molecule has 0 saturated heterocycles. The predicted octanol–water partition coefficient (Wildman–Crippen LogP) is 4.61. The van der Waals surface area contributed by atoms with Crippen LogP contribution >= 0.6 is 11.6 Å². The number of esters is 1. The van der Waals surface area contributed by atoms with Gasteiger partial charge in [0.25, 0.3) is 0 Å². The fourth-order valence-electron chi connectivity index (χ4n) is 2.98. The van der Waals surface area contributed by atoms with Crippen LogP contribution in [0.4, 0.5) is 4.39 Å². The molecule has 0 fully saturated rings. The number of methoxy groups -OCH3 is 1. The minimum atomic E-state index is -1.22. The number of hydrogen-bond donors (Lipinski definition) is 1. The minimum Gasteiger partial charge on any atom is -0.504 e. The largest absolute Gasteiger partial charge is 0.504 e. The Bertz CT molecular complexity index is 1080. The van der Waals surface area contributed by atoms with Gasteiger partial charge in [-0.2, -0.15) is 0 Å². The molecule has 1 N–H and O–H groups in total. The van der Waals surface area contributed by atoms with E-state index in [1.54, 1.807) is 26.8 Å². The second kappa shape index (κ2) is 7.83. The minimum absolute atomic E-state index is 0.0158. The first-order valence-electron chi connectivity index (χ1n) is 8.80. The van der Waals surface area contributed by atoms with Crippen LogP contribution in [0, 0.1) is 5.82 Å². The van der Waals surface area contributed by atoms with Gasteiger partial charge in [-0.25, -0.2) is 14.4 Å². The summed E-state index contributed by atoms with van der Waals surface area (Å²) in [4.78, 5) is 21.5. The summed E-state index contributed by atoms with van der Waals surface area (Å²) in [6.07, 6.45) is 1.26. The van der Waals surface area contributed by atoms with Crippen LogP contribution in [0.5, 0.6) is 11.5 Å². The number of aromatic hydroxyl groups is 1. The zero-order valence-electron chi connectivity index (χ0n) is 16.4. The van der Waals surface area contributed by atoms with Gasteiger partial charge in [0.05, 0.1) is 23.3 Å². The highest BCUT2D eigenvalue weighted by molar-refractivity contribution is 6.30. The summed E-state index contributed by atoms with van der Waals surface area (Å²) in [6.45, 7) is 5.14. The van der Waals surface area contributed by atoms with Crippen molar-refractivity contribution in [1.82, 2.24) is 9.97 Å². The smallest absolute Gasteiger partial charge is 0.320 e. The van der Waals surface area contributed by atoms with Gasteiger partial charge in [-0.1, -0.05) is 23.7 Å². The number of nitrogens with zero attached hydrogens (tertiary/aromatic N) is 2. The van der Waals surface area contributed by atoms with E-state index < -0.39 is 23.3 Å². The Balaban J connectivity index is 2.28. The molecule has 0 amide bonds. The zero-order chi connectivity index (χ0) is 21.3. The topological polar surface area (TPSA) is 81.5 Å². The molecule has 0 bridgehead atoms. The summed E-state index contributed by atoms with van der Waals surface area (Å²) in [5.74, 6) is -2.61. The summed E-state index contributed by atoms with van der Waals surface area (Å²) < 4.78 is 25.5. The molecule has 0 aliphatic carbocycles. The standard InChI is InChI=1S/C21H20ClFN2O4/c1-21(2,3)29-20(27)17(11-6-5-7-13(22)18(11)23)19-12-8-15(26)16(28-4)9-14(12)24-10-25-19/h5-10,17,26H,1-4H3. The maximum absolute atomic E-state index is 14.9. The number of carbonyl (C=O) groups is 1. The number of benzene rings is 2. The van der Waals surface area contributed by atoms with Crippen molar-refractivity contribution in [1.29, 1.82) is 0 Å². The molecule has 0 saturated carbocycles. The molecule has 1 heterocycles. The first kappa shape index (κ1) is 20.8. The monoisotopic (exact) mass is 418 g/mol. The van der Waals surface area contributed by atoms with Gasteiger partial charge in [-0.15, -0.1) is 0 Å². The molecule has 3 rings (SSSR count). The fraction of sp³-hybridized carbons (Fsp3) is 0.286. The lowest BCUT2D eigenvalue weighted by Crippen LogP contribution is -2.29. The highest BCUT2D eigenvalue weighted by Gasteiger charge is 2.33. The van der Waals surface area contributed by atoms with Crippen LogP contribution < -0.4 is 4.74 Å². The number of ether oxygens (including phenoxy) is 2. The van der Waals surface area contributed by atoms with E-state index in [0.717, 1.165) is 0 Å². The zero-order valence-corrected chi connectivity index (χ0v) is 17.1. The molecule has 1 aromatic heterocycles. The highest BCUT2D eigenvalue weighted by Crippen LogP contribution is 2.37. The van der Waals surface area contributed by atoms with Crippen LogP contribution in [0.25, 0.3) is 10.9 Å². The van der Waals surface area contributed by atoms with E-state index in [4.69, 9.17) is 21.1 Å². The Labute approximate surface area is 172 Å². The number of aromatic nitrogens is 2. The molecule has 6 nitrogen and oxygen atoms in total. The van der Waals surface area contributed by atoms with Crippen LogP contribution in [0.1, 0.15) is 37.9 Å². The Hall–Kier alpha value is -2.93. The number of hydrogen-bond acceptors (Lipinski definition) is 6. The van der Waals surface area contributed by atoms with Gasteiger partial charge in [0.2, 0.25) is 0 Å². The summed E-state index contributed by atoms with van der Waals surface area (Å²) in [5.41, 5.74) is -0.190. The molecule has 1 unspecified atom stereocenters. The molecular weight excluding hydrogens is 399 g/mol. The molecule has 0 spiro atoms. The first-order valence-corrected chi connectivity index (χ1v) is 9.18. The second-order valence-corrected chi connectivity index (χ2v) is 7.82. The first-order chi connectivity index (χ1) is 13.6. The normalized spacial score (nSPS) is 12.6. The molecule has 2 aromatic carbocycles. The van der Waals surface area contributed by atoms with Crippen molar-refractivity contribution >= 4 is 28.5 Å². The highest BCUT2D eigenvalue weighted by atomic mass is 35.5. The number of halogens is 2. The fourth-order valence-corrected chi connectivity index (χ4v) is 3.16. The third-order valence-electron chi connectivity index (χ3n) is 4.18. The van der Waals surface area contributed by atoms with E-state index in [2.05, 4.69) is 9.97 Å². The van der Waals surface area contributed by atoms with Crippen LogP contribution in [0.15, 0.2) is 36.7 Å². The molecule has 152 valence electrons. The number of carbonyl (C=O) groups excluding carboxylic acids is 1. The SMILES string of the molecule is COc1cc2ncnc(C(C(=O)OC(C)(C)C)c3cccc(Cl)c3F)c2cc1O. The van der Waals surface area contributed by atoms with E-state index in [0.29, 0.717) is 10.9 Å². The lowest BCUT2D eigenvalue weighted by Gasteiger charge is -2.25. The molecule has 29 heavy (non-hydrogen) atoms. The van der Waals surface area contributed by atoms with Crippen molar-refractivity contribution < 1.29 is 23.8 Å². The van der Waals surface area contributed by atoms with Crippen molar-refractivity contribution in [3.63, 3.8) is 0 Å². The average molecular weight is 419 g/mol. The Morgan fingerprint density at radius 2 is 1.97 bits per heavy atom. The van der Waals surface area contributed by atoms with Gasteiger partial charge < -0.3 is 14.6 Å². The van der Waals surface area contributed by atoms with E-state index in [1.165, 1.54) is 37.7 Å². The maximum atomic E-state index is 14.9. The van der Waals surface area contributed by atoms with Crippen molar-refractivity contribution in [3.8, 4) is 11.5 Å². The van der Waals surface area contributed by atoms with E-state index in [1.807, 2.05) is 0 Å². The second-order valence-electron chi connectivity index (χ2n) is 7.41. The molecule has 0 radical (unpaired) electrons. The lowest BCUT2D eigenvalue weighted by atomic mass is 9.92. The number of fused-ring (bicyclic) bond motifs is 1. The summed E-state index contributed by atoms with van der Waals surface area (Å²) in [7, 11) is 1.41. The molecule has 1 atom stereocenters. The number of rotatable bonds is 4. The van der Waals surface area contributed by atoms with Crippen molar-refractivity contribution in [2.24, 2.45) is 0 Å². The van der Waals surface area contributed by atoms with Gasteiger partial charge in [0.15, 0.2) is 11.5 Å². The molecule has 0 aliphatic heterocycles. The maximum Gasteiger partial charge on any atom is 0.320 e. The van der Waals surface area contributed by atoms with Gasteiger partial charge in [0, 0.05) is 17.0 Å². The summed E-state index contributed by atoms with van der Waals surface area (Å²) in [6, 6.07) is 7.27.